The van der Waals surface area contributed by atoms with E-state index in [2.05, 4.69) is 15.5 Å². The van der Waals surface area contributed by atoms with Crippen LogP contribution in [0.15, 0.2) is 59.2 Å². The van der Waals surface area contributed by atoms with Crippen molar-refractivity contribution in [3.05, 3.63) is 66.2 Å². The maximum atomic E-state index is 12.1. The lowest BCUT2D eigenvalue weighted by Crippen LogP contribution is -2.39. The summed E-state index contributed by atoms with van der Waals surface area (Å²) in [5.41, 5.74) is 1.57. The van der Waals surface area contributed by atoms with Gasteiger partial charge in [0.05, 0.1) is 25.0 Å². The smallest absolute Gasteiger partial charge is 0.356 e. The summed E-state index contributed by atoms with van der Waals surface area (Å²) >= 11 is 0. The van der Waals surface area contributed by atoms with Gasteiger partial charge in [-0.2, -0.15) is 5.10 Å². The number of ether oxygens (including phenoxy) is 1. The Kier molecular flexibility index (Phi) is 6.41. The average molecular weight is 396 g/mol. The van der Waals surface area contributed by atoms with Crippen molar-refractivity contribution in [2.75, 3.05) is 20.2 Å². The van der Waals surface area contributed by atoms with Crippen molar-refractivity contribution in [2.45, 2.75) is 6.54 Å². The van der Waals surface area contributed by atoms with E-state index in [4.69, 9.17) is 9.15 Å². The number of hydrogen-bond acceptors (Lipinski definition) is 6. The van der Waals surface area contributed by atoms with Gasteiger partial charge in [0.15, 0.2) is 6.61 Å². The zero-order valence-electron chi connectivity index (χ0n) is 15.8. The van der Waals surface area contributed by atoms with E-state index in [0.29, 0.717) is 11.5 Å². The van der Waals surface area contributed by atoms with Gasteiger partial charge in [0.25, 0.3) is 5.91 Å². The Balaban J connectivity index is 1.44. The number of furan rings is 1. The first-order valence-corrected chi connectivity index (χ1v) is 8.84. The van der Waals surface area contributed by atoms with Gasteiger partial charge >= 0.3 is 5.97 Å². The van der Waals surface area contributed by atoms with Crippen LogP contribution in [0.3, 0.4) is 0 Å². The van der Waals surface area contributed by atoms with E-state index in [1.54, 1.807) is 18.2 Å². The highest BCUT2D eigenvalue weighted by Crippen LogP contribution is 2.17. The lowest BCUT2D eigenvalue weighted by atomic mass is 10.1. The van der Waals surface area contributed by atoms with Gasteiger partial charge in [-0.05, 0) is 18.2 Å². The van der Waals surface area contributed by atoms with E-state index in [1.807, 2.05) is 30.3 Å². The van der Waals surface area contributed by atoms with Crippen LogP contribution in [0, 0.1) is 0 Å². The molecule has 9 nitrogen and oxygen atoms in total. The summed E-state index contributed by atoms with van der Waals surface area (Å²) in [4.78, 5) is 37.3. The normalized spacial score (nSPS) is 10.4. The lowest BCUT2D eigenvalue weighted by molar-refractivity contribution is -0.137. The van der Waals surface area contributed by atoms with Crippen LogP contribution in [-0.4, -0.2) is 53.1 Å². The van der Waals surface area contributed by atoms with Gasteiger partial charge in [-0.1, -0.05) is 30.3 Å². The van der Waals surface area contributed by atoms with Gasteiger partial charge in [-0.3, -0.25) is 14.7 Å². The maximum absolute atomic E-state index is 12.1. The summed E-state index contributed by atoms with van der Waals surface area (Å²) in [6, 6.07) is 14.3. The third-order valence-corrected chi connectivity index (χ3v) is 4.04. The summed E-state index contributed by atoms with van der Waals surface area (Å²) in [5, 5.41) is 9.30. The quantitative estimate of drug-likeness (QED) is 0.559. The number of nitrogens with zero attached hydrogens (tertiary/aromatic N) is 2. The van der Waals surface area contributed by atoms with Crippen LogP contribution in [0.4, 0.5) is 0 Å². The van der Waals surface area contributed by atoms with Gasteiger partial charge < -0.3 is 19.4 Å². The molecule has 2 amide bonds. The van der Waals surface area contributed by atoms with Crippen molar-refractivity contribution in [3.8, 4) is 11.3 Å². The van der Waals surface area contributed by atoms with Gasteiger partial charge in [-0.15, -0.1) is 0 Å². The molecule has 0 unspecified atom stereocenters. The van der Waals surface area contributed by atoms with E-state index >= 15 is 0 Å². The molecule has 0 fully saturated rings. The van der Waals surface area contributed by atoms with E-state index in [-0.39, 0.29) is 24.7 Å². The molecular formula is C20H20N4O5. The molecule has 0 bridgehead atoms. The highest BCUT2D eigenvalue weighted by Gasteiger charge is 2.17. The third kappa shape index (κ3) is 5.55. The monoisotopic (exact) mass is 396 g/mol. The van der Waals surface area contributed by atoms with Crippen molar-refractivity contribution < 1.29 is 23.5 Å². The van der Waals surface area contributed by atoms with Crippen molar-refractivity contribution >= 4 is 17.8 Å². The summed E-state index contributed by atoms with van der Waals surface area (Å²) in [5.74, 6) is -0.960. The summed E-state index contributed by atoms with van der Waals surface area (Å²) < 4.78 is 10.1. The SMILES string of the molecule is CN(CC(=O)NCc1ccco1)C(=O)COC(=O)c1cc(-c2ccccc2)n[nH]1. The Morgan fingerprint density at radius 2 is 1.97 bits per heavy atom. The summed E-state index contributed by atoms with van der Waals surface area (Å²) in [6.45, 7) is -0.424. The first-order chi connectivity index (χ1) is 14.0. The first-order valence-electron chi connectivity index (χ1n) is 8.84. The number of hydrogen-bond donors (Lipinski definition) is 2. The topological polar surface area (TPSA) is 118 Å². The summed E-state index contributed by atoms with van der Waals surface area (Å²) in [6.07, 6.45) is 1.51. The number of esters is 1. The molecule has 2 aromatic heterocycles. The lowest BCUT2D eigenvalue weighted by Gasteiger charge is -2.16. The molecule has 0 aliphatic heterocycles. The van der Waals surface area contributed by atoms with E-state index < -0.39 is 18.5 Å². The predicted octanol–water partition coefficient (Wildman–Crippen LogP) is 1.60. The average Bonchev–Trinajstić information content (AvgIpc) is 3.43. The van der Waals surface area contributed by atoms with Crippen LogP contribution >= 0.6 is 0 Å². The number of carbonyl (C=O) groups excluding carboxylic acids is 3. The van der Waals surface area contributed by atoms with E-state index in [9.17, 15) is 14.4 Å². The maximum Gasteiger partial charge on any atom is 0.356 e. The fourth-order valence-corrected chi connectivity index (χ4v) is 2.46. The van der Waals surface area contributed by atoms with Crippen molar-refractivity contribution in [1.82, 2.24) is 20.4 Å². The minimum absolute atomic E-state index is 0.135. The largest absolute Gasteiger partial charge is 0.467 e. The molecule has 0 radical (unpaired) electrons. The van der Waals surface area contributed by atoms with Crippen LogP contribution in [0.5, 0.6) is 0 Å². The standard InChI is InChI=1S/C20H20N4O5/c1-24(12-18(25)21-11-15-8-5-9-28-15)19(26)13-29-20(27)17-10-16(22-23-17)14-6-3-2-4-7-14/h2-10H,11-13H2,1H3,(H,21,25)(H,22,23). The minimum Gasteiger partial charge on any atom is -0.467 e. The second-order valence-electron chi connectivity index (χ2n) is 6.21. The second kappa shape index (κ2) is 9.36. The molecule has 9 heteroatoms. The molecule has 0 saturated carbocycles. The molecule has 29 heavy (non-hydrogen) atoms. The zero-order valence-corrected chi connectivity index (χ0v) is 15.8. The predicted molar refractivity (Wildman–Crippen MR) is 102 cm³/mol. The number of aromatic nitrogens is 2. The van der Waals surface area contributed by atoms with Gasteiger partial charge in [-0.25, -0.2) is 4.79 Å². The molecule has 0 aliphatic carbocycles. The minimum atomic E-state index is -0.705. The van der Waals surface area contributed by atoms with E-state index in [0.717, 1.165) is 5.56 Å². The number of amides is 2. The number of carbonyl (C=O) groups is 3. The molecule has 0 aliphatic rings. The number of rotatable bonds is 8. The number of H-pyrrole nitrogens is 1. The van der Waals surface area contributed by atoms with Crippen molar-refractivity contribution in [3.63, 3.8) is 0 Å². The second-order valence-corrected chi connectivity index (χ2v) is 6.21. The number of aromatic amines is 1. The van der Waals surface area contributed by atoms with Crippen LogP contribution in [0.1, 0.15) is 16.2 Å². The number of likely N-dealkylation sites (N-methyl/N-ethyl adjacent to an activating group) is 1. The van der Waals surface area contributed by atoms with Crippen LogP contribution in [-0.2, 0) is 20.9 Å². The third-order valence-electron chi connectivity index (χ3n) is 4.04. The van der Waals surface area contributed by atoms with Crippen LogP contribution in [0.25, 0.3) is 11.3 Å². The zero-order chi connectivity index (χ0) is 20.6. The highest BCUT2D eigenvalue weighted by atomic mass is 16.5. The molecule has 2 heterocycles. The van der Waals surface area contributed by atoms with Crippen molar-refractivity contribution in [1.29, 1.82) is 0 Å². The molecule has 0 saturated heterocycles. The Labute approximate surface area is 166 Å². The Morgan fingerprint density at radius 3 is 2.69 bits per heavy atom. The van der Waals surface area contributed by atoms with Crippen LogP contribution < -0.4 is 5.32 Å². The molecule has 0 spiro atoms. The Hall–Kier alpha value is -3.88. The molecule has 0 atom stereocenters. The van der Waals surface area contributed by atoms with Crippen LogP contribution in [0.2, 0.25) is 0 Å². The van der Waals surface area contributed by atoms with Gasteiger partial charge in [0, 0.05) is 12.6 Å². The molecule has 2 N–H and O–H groups in total. The fourth-order valence-electron chi connectivity index (χ4n) is 2.46. The summed E-state index contributed by atoms with van der Waals surface area (Å²) in [7, 11) is 1.45. The molecule has 3 rings (SSSR count). The van der Waals surface area contributed by atoms with Crippen molar-refractivity contribution in [2.24, 2.45) is 0 Å². The number of nitrogens with one attached hydrogen (secondary N) is 2. The Morgan fingerprint density at radius 1 is 1.17 bits per heavy atom. The van der Waals surface area contributed by atoms with E-state index in [1.165, 1.54) is 18.2 Å². The Bertz CT molecular complexity index is 966. The van der Waals surface area contributed by atoms with Gasteiger partial charge in [0.1, 0.15) is 11.5 Å². The number of benzene rings is 1. The first kappa shape index (κ1) is 19.9. The molecular weight excluding hydrogens is 376 g/mol. The molecule has 3 aromatic rings. The highest BCUT2D eigenvalue weighted by molar-refractivity contribution is 5.91. The molecule has 1 aromatic carbocycles. The molecule has 150 valence electrons. The van der Waals surface area contributed by atoms with Gasteiger partial charge in [0.2, 0.25) is 5.91 Å². The fraction of sp³-hybridized carbons (Fsp3) is 0.200.